The van der Waals surface area contributed by atoms with Crippen LogP contribution in [0.2, 0.25) is 0 Å². The number of pyridine rings is 2. The molecule has 0 aromatic carbocycles. The zero-order valence-corrected chi connectivity index (χ0v) is 11.2. The van der Waals surface area contributed by atoms with Gasteiger partial charge in [-0.05, 0) is 31.2 Å². The summed E-state index contributed by atoms with van der Waals surface area (Å²) in [5.74, 6) is 0.807. The molecule has 0 spiro atoms. The fraction of sp³-hybridized carbons (Fsp3) is 0.214. The fourth-order valence-electron chi connectivity index (χ4n) is 2.07. The SMILES string of the molecule is CCNc1cccc(Cn2nc3ccccn3c2=O)n1. The van der Waals surface area contributed by atoms with E-state index in [9.17, 15) is 4.79 Å². The van der Waals surface area contributed by atoms with Crippen LogP contribution in [-0.4, -0.2) is 25.7 Å². The summed E-state index contributed by atoms with van der Waals surface area (Å²) in [6, 6.07) is 11.2. The molecule has 0 fully saturated rings. The van der Waals surface area contributed by atoms with Crippen LogP contribution in [0.5, 0.6) is 0 Å². The van der Waals surface area contributed by atoms with Gasteiger partial charge < -0.3 is 5.32 Å². The van der Waals surface area contributed by atoms with Crippen molar-refractivity contribution in [3.63, 3.8) is 0 Å². The maximum Gasteiger partial charge on any atom is 0.350 e. The van der Waals surface area contributed by atoms with Gasteiger partial charge in [-0.1, -0.05) is 12.1 Å². The molecule has 0 aliphatic heterocycles. The molecule has 0 saturated heterocycles. The minimum absolute atomic E-state index is 0.156. The normalized spacial score (nSPS) is 10.8. The highest BCUT2D eigenvalue weighted by molar-refractivity contribution is 5.36. The number of rotatable bonds is 4. The van der Waals surface area contributed by atoms with Crippen molar-refractivity contribution in [1.82, 2.24) is 19.2 Å². The highest BCUT2D eigenvalue weighted by Crippen LogP contribution is 2.05. The second-order valence-electron chi connectivity index (χ2n) is 4.41. The number of hydrogen-bond acceptors (Lipinski definition) is 4. The molecule has 3 rings (SSSR count). The summed E-state index contributed by atoms with van der Waals surface area (Å²) in [4.78, 5) is 16.6. The van der Waals surface area contributed by atoms with Gasteiger partial charge in [0.25, 0.3) is 0 Å². The van der Waals surface area contributed by atoms with Crippen LogP contribution in [0.15, 0.2) is 47.4 Å². The summed E-state index contributed by atoms with van der Waals surface area (Å²) < 4.78 is 2.95. The van der Waals surface area contributed by atoms with Crippen LogP contribution >= 0.6 is 0 Å². The summed E-state index contributed by atoms with van der Waals surface area (Å²) >= 11 is 0. The van der Waals surface area contributed by atoms with Crippen molar-refractivity contribution in [1.29, 1.82) is 0 Å². The molecule has 1 N–H and O–H groups in total. The molecule has 6 heteroatoms. The number of nitrogens with one attached hydrogen (secondary N) is 1. The van der Waals surface area contributed by atoms with Crippen molar-refractivity contribution in [3.05, 3.63) is 58.8 Å². The molecule has 0 unspecified atom stereocenters. The predicted molar refractivity (Wildman–Crippen MR) is 77.0 cm³/mol. The molecule has 6 nitrogen and oxygen atoms in total. The largest absolute Gasteiger partial charge is 0.370 e. The predicted octanol–water partition coefficient (Wildman–Crippen LogP) is 1.37. The minimum Gasteiger partial charge on any atom is -0.370 e. The van der Waals surface area contributed by atoms with Crippen LogP contribution < -0.4 is 11.0 Å². The Morgan fingerprint density at radius 1 is 1.20 bits per heavy atom. The van der Waals surface area contributed by atoms with E-state index in [1.165, 1.54) is 9.08 Å². The first-order valence-electron chi connectivity index (χ1n) is 6.52. The van der Waals surface area contributed by atoms with E-state index in [1.807, 2.05) is 37.3 Å². The summed E-state index contributed by atoms with van der Waals surface area (Å²) in [6.07, 6.45) is 1.71. The first kappa shape index (κ1) is 12.4. The molecule has 0 saturated carbocycles. The monoisotopic (exact) mass is 269 g/mol. The van der Waals surface area contributed by atoms with Crippen molar-refractivity contribution in [2.45, 2.75) is 13.5 Å². The minimum atomic E-state index is -0.156. The third-order valence-electron chi connectivity index (χ3n) is 2.96. The topological polar surface area (TPSA) is 64.2 Å². The van der Waals surface area contributed by atoms with Crippen molar-refractivity contribution in [2.75, 3.05) is 11.9 Å². The van der Waals surface area contributed by atoms with Crippen LogP contribution in [0.25, 0.3) is 5.65 Å². The molecule has 20 heavy (non-hydrogen) atoms. The molecule has 0 bridgehead atoms. The average Bonchev–Trinajstić information content (AvgIpc) is 2.77. The van der Waals surface area contributed by atoms with Crippen molar-refractivity contribution in [2.24, 2.45) is 0 Å². The quantitative estimate of drug-likeness (QED) is 0.777. The van der Waals surface area contributed by atoms with E-state index in [0.717, 1.165) is 18.1 Å². The molecular formula is C14H15N5O. The van der Waals surface area contributed by atoms with Crippen LogP contribution in [0.1, 0.15) is 12.6 Å². The lowest BCUT2D eigenvalue weighted by molar-refractivity contribution is 0.647. The summed E-state index contributed by atoms with van der Waals surface area (Å²) in [7, 11) is 0. The second-order valence-corrected chi connectivity index (χ2v) is 4.41. The Morgan fingerprint density at radius 2 is 2.10 bits per heavy atom. The summed E-state index contributed by atoms with van der Waals surface area (Å²) in [5, 5.41) is 7.44. The maximum atomic E-state index is 12.2. The maximum absolute atomic E-state index is 12.2. The Balaban J connectivity index is 1.95. The second kappa shape index (κ2) is 5.16. The number of hydrogen-bond donors (Lipinski definition) is 1. The standard InChI is InChI=1S/C14H15N5O/c1-2-15-12-7-5-6-11(16-12)10-19-14(20)18-9-4-3-8-13(18)17-19/h3-9H,2,10H2,1H3,(H,15,16). The van der Waals surface area contributed by atoms with Gasteiger partial charge in [-0.3, -0.25) is 4.40 Å². The third kappa shape index (κ3) is 2.27. The Morgan fingerprint density at radius 3 is 2.90 bits per heavy atom. The zero-order chi connectivity index (χ0) is 13.9. The molecule has 3 heterocycles. The number of anilines is 1. The Bertz CT molecular complexity index is 789. The van der Waals surface area contributed by atoms with Crippen LogP contribution in [0, 0.1) is 0 Å². The Labute approximate surface area is 115 Å². The Kier molecular flexibility index (Phi) is 3.20. The lowest BCUT2D eigenvalue weighted by atomic mass is 10.3. The lowest BCUT2D eigenvalue weighted by Crippen LogP contribution is -2.22. The molecule has 0 radical (unpaired) electrons. The van der Waals surface area contributed by atoms with Gasteiger partial charge in [-0.15, -0.1) is 5.10 Å². The van der Waals surface area contributed by atoms with Crippen molar-refractivity contribution < 1.29 is 0 Å². The van der Waals surface area contributed by atoms with Gasteiger partial charge in [0, 0.05) is 12.7 Å². The van der Waals surface area contributed by atoms with Gasteiger partial charge in [0.2, 0.25) is 0 Å². The van der Waals surface area contributed by atoms with E-state index in [1.54, 1.807) is 12.3 Å². The summed E-state index contributed by atoms with van der Waals surface area (Å²) in [5.41, 5.74) is 1.28. The van der Waals surface area contributed by atoms with Crippen LogP contribution in [-0.2, 0) is 6.54 Å². The van der Waals surface area contributed by atoms with E-state index in [4.69, 9.17) is 0 Å². The van der Waals surface area contributed by atoms with E-state index < -0.39 is 0 Å². The average molecular weight is 269 g/mol. The highest BCUT2D eigenvalue weighted by atomic mass is 16.2. The number of aromatic nitrogens is 4. The fourth-order valence-corrected chi connectivity index (χ4v) is 2.07. The number of fused-ring (bicyclic) bond motifs is 1. The molecule has 102 valence electrons. The zero-order valence-electron chi connectivity index (χ0n) is 11.2. The molecule has 0 amide bonds. The van der Waals surface area contributed by atoms with Gasteiger partial charge in [0.1, 0.15) is 5.82 Å². The lowest BCUT2D eigenvalue weighted by Gasteiger charge is -2.04. The van der Waals surface area contributed by atoms with Gasteiger partial charge in [-0.25, -0.2) is 14.5 Å². The molecule has 3 aromatic heterocycles. The first-order valence-corrected chi connectivity index (χ1v) is 6.52. The van der Waals surface area contributed by atoms with Crippen molar-refractivity contribution in [3.8, 4) is 0 Å². The first-order chi connectivity index (χ1) is 9.78. The van der Waals surface area contributed by atoms with Gasteiger partial charge >= 0.3 is 5.69 Å². The third-order valence-corrected chi connectivity index (χ3v) is 2.96. The Hall–Kier alpha value is -2.63. The van der Waals surface area contributed by atoms with E-state index in [-0.39, 0.29) is 5.69 Å². The number of nitrogens with zero attached hydrogens (tertiary/aromatic N) is 4. The van der Waals surface area contributed by atoms with E-state index in [2.05, 4.69) is 15.4 Å². The van der Waals surface area contributed by atoms with Gasteiger partial charge in [-0.2, -0.15) is 0 Å². The smallest absolute Gasteiger partial charge is 0.350 e. The molecule has 0 aliphatic rings. The molecule has 0 atom stereocenters. The molecule has 3 aromatic rings. The molecular weight excluding hydrogens is 254 g/mol. The van der Waals surface area contributed by atoms with Gasteiger partial charge in [0.05, 0.1) is 12.2 Å². The highest BCUT2D eigenvalue weighted by Gasteiger charge is 2.07. The van der Waals surface area contributed by atoms with Crippen LogP contribution in [0.3, 0.4) is 0 Å². The van der Waals surface area contributed by atoms with Crippen molar-refractivity contribution >= 4 is 11.5 Å². The van der Waals surface area contributed by atoms with E-state index in [0.29, 0.717) is 12.2 Å². The van der Waals surface area contributed by atoms with Gasteiger partial charge in [0.15, 0.2) is 5.65 Å². The van der Waals surface area contributed by atoms with Crippen LogP contribution in [0.4, 0.5) is 5.82 Å². The van der Waals surface area contributed by atoms with E-state index >= 15 is 0 Å². The summed E-state index contributed by atoms with van der Waals surface area (Å²) in [6.45, 7) is 3.19. The molecule has 0 aliphatic carbocycles.